The Morgan fingerprint density at radius 3 is 2.44 bits per heavy atom. The number of carbonyl (C=O) groups is 1. The molecule has 0 bridgehead atoms. The van der Waals surface area contributed by atoms with Gasteiger partial charge >= 0.3 is 5.97 Å². The highest BCUT2D eigenvalue weighted by atomic mass is 16.5. The molecule has 0 atom stereocenters. The number of hydrogen-bond acceptors (Lipinski definition) is 4. The van der Waals surface area contributed by atoms with E-state index in [9.17, 15) is 4.79 Å². The average Bonchev–Trinajstić information content (AvgIpc) is 2.66. The van der Waals surface area contributed by atoms with E-state index in [0.717, 1.165) is 18.4 Å². The van der Waals surface area contributed by atoms with Crippen molar-refractivity contribution >= 4 is 12.0 Å². The zero-order chi connectivity index (χ0) is 17.6. The number of rotatable bonds is 5. The molecule has 4 nitrogen and oxygen atoms in total. The van der Waals surface area contributed by atoms with Gasteiger partial charge < -0.3 is 14.2 Å². The number of fused-ring (bicyclic) bond motifs is 1. The number of hydrogen-bond donors (Lipinski definition) is 0. The quantitative estimate of drug-likeness (QED) is 0.466. The van der Waals surface area contributed by atoms with Gasteiger partial charge in [0.05, 0.1) is 14.2 Å². The SMILES string of the molecule is COc1ccc(OC)c(/C=C/C(=O)Oc2ccc3c(c2)CCCC3)c1. The monoisotopic (exact) mass is 338 g/mol. The molecule has 2 aromatic rings. The van der Waals surface area contributed by atoms with Gasteiger partial charge in [0.25, 0.3) is 0 Å². The van der Waals surface area contributed by atoms with E-state index in [0.29, 0.717) is 17.2 Å². The van der Waals surface area contributed by atoms with E-state index in [-0.39, 0.29) is 0 Å². The first-order valence-electron chi connectivity index (χ1n) is 8.43. The highest BCUT2D eigenvalue weighted by molar-refractivity contribution is 5.89. The second kappa shape index (κ2) is 7.88. The van der Waals surface area contributed by atoms with Gasteiger partial charge in [-0.1, -0.05) is 6.07 Å². The average molecular weight is 338 g/mol. The molecule has 0 heterocycles. The highest BCUT2D eigenvalue weighted by Gasteiger charge is 2.11. The second-order valence-corrected chi connectivity index (χ2v) is 6.00. The van der Waals surface area contributed by atoms with E-state index in [1.165, 1.54) is 30.0 Å². The number of carbonyl (C=O) groups excluding carboxylic acids is 1. The molecule has 2 aromatic carbocycles. The lowest BCUT2D eigenvalue weighted by Crippen LogP contribution is -2.06. The molecule has 1 aliphatic carbocycles. The van der Waals surface area contributed by atoms with Crippen LogP contribution in [0.1, 0.15) is 29.5 Å². The normalized spacial score (nSPS) is 13.4. The van der Waals surface area contributed by atoms with Crippen LogP contribution in [0, 0.1) is 0 Å². The third-order valence-electron chi connectivity index (χ3n) is 4.37. The molecular weight excluding hydrogens is 316 g/mol. The molecule has 0 aliphatic heterocycles. The Hall–Kier alpha value is -2.75. The summed E-state index contributed by atoms with van der Waals surface area (Å²) in [4.78, 5) is 12.1. The van der Waals surface area contributed by atoms with Crippen molar-refractivity contribution < 1.29 is 19.0 Å². The zero-order valence-corrected chi connectivity index (χ0v) is 14.6. The van der Waals surface area contributed by atoms with Gasteiger partial charge in [0.15, 0.2) is 0 Å². The van der Waals surface area contributed by atoms with Crippen LogP contribution >= 0.6 is 0 Å². The fraction of sp³-hybridized carbons (Fsp3) is 0.286. The van der Waals surface area contributed by atoms with Crippen LogP contribution < -0.4 is 14.2 Å². The van der Waals surface area contributed by atoms with E-state index in [1.807, 2.05) is 24.3 Å². The summed E-state index contributed by atoms with van der Waals surface area (Å²) in [5, 5.41) is 0. The number of methoxy groups -OCH3 is 2. The van der Waals surface area contributed by atoms with E-state index in [2.05, 4.69) is 6.07 Å². The van der Waals surface area contributed by atoms with Crippen LogP contribution in [0.15, 0.2) is 42.5 Å². The molecule has 130 valence electrons. The van der Waals surface area contributed by atoms with Gasteiger partial charge in [-0.2, -0.15) is 0 Å². The minimum absolute atomic E-state index is 0.416. The van der Waals surface area contributed by atoms with E-state index in [1.54, 1.807) is 26.4 Å². The van der Waals surface area contributed by atoms with E-state index >= 15 is 0 Å². The summed E-state index contributed by atoms with van der Waals surface area (Å²) in [6, 6.07) is 11.3. The molecule has 4 heteroatoms. The summed E-state index contributed by atoms with van der Waals surface area (Å²) < 4.78 is 15.9. The maximum atomic E-state index is 12.1. The lowest BCUT2D eigenvalue weighted by Gasteiger charge is -2.16. The van der Waals surface area contributed by atoms with Crippen molar-refractivity contribution in [3.05, 3.63) is 59.2 Å². The van der Waals surface area contributed by atoms with Crippen LogP contribution in [0.3, 0.4) is 0 Å². The van der Waals surface area contributed by atoms with Crippen LogP contribution in [0.2, 0.25) is 0 Å². The summed E-state index contributed by atoms with van der Waals surface area (Å²) >= 11 is 0. The molecule has 0 saturated carbocycles. The highest BCUT2D eigenvalue weighted by Crippen LogP contribution is 2.26. The Bertz CT molecular complexity index is 792. The Kier molecular flexibility index (Phi) is 5.39. The van der Waals surface area contributed by atoms with Crippen LogP contribution in [-0.4, -0.2) is 20.2 Å². The molecule has 1 aliphatic rings. The molecule has 3 rings (SSSR count). The van der Waals surface area contributed by atoms with Crippen molar-refractivity contribution in [2.24, 2.45) is 0 Å². The predicted octanol–water partition coefficient (Wildman–Crippen LogP) is 4.20. The molecule has 0 N–H and O–H groups in total. The predicted molar refractivity (Wildman–Crippen MR) is 97.3 cm³/mol. The smallest absolute Gasteiger partial charge is 0.336 e. The molecule has 0 saturated heterocycles. The molecular formula is C21H22O4. The van der Waals surface area contributed by atoms with E-state index in [4.69, 9.17) is 14.2 Å². The largest absolute Gasteiger partial charge is 0.497 e. The standard InChI is InChI=1S/C21H22O4/c1-23-18-10-11-20(24-2)17(14-18)8-12-21(22)25-19-9-7-15-5-3-4-6-16(15)13-19/h7-14H,3-6H2,1-2H3/b12-8+. The van der Waals surface area contributed by atoms with Crippen LogP contribution in [0.4, 0.5) is 0 Å². The maximum absolute atomic E-state index is 12.1. The Labute approximate surface area is 148 Å². The van der Waals surface area contributed by atoms with Crippen LogP contribution in [-0.2, 0) is 17.6 Å². The third-order valence-corrected chi connectivity index (χ3v) is 4.37. The fourth-order valence-electron chi connectivity index (χ4n) is 3.05. The lowest BCUT2D eigenvalue weighted by atomic mass is 9.92. The Morgan fingerprint density at radius 1 is 0.920 bits per heavy atom. The number of benzene rings is 2. The minimum atomic E-state index is -0.416. The zero-order valence-electron chi connectivity index (χ0n) is 14.6. The van der Waals surface area contributed by atoms with Gasteiger partial charge in [0.2, 0.25) is 0 Å². The van der Waals surface area contributed by atoms with Gasteiger partial charge in [-0.05, 0) is 73.2 Å². The fourth-order valence-corrected chi connectivity index (χ4v) is 3.05. The van der Waals surface area contributed by atoms with Crippen molar-refractivity contribution in [2.75, 3.05) is 14.2 Å². The first-order chi connectivity index (χ1) is 12.2. The number of ether oxygens (including phenoxy) is 3. The first-order valence-corrected chi connectivity index (χ1v) is 8.43. The Morgan fingerprint density at radius 2 is 1.68 bits per heavy atom. The first kappa shape index (κ1) is 17.1. The molecule has 0 spiro atoms. The molecule has 0 aromatic heterocycles. The van der Waals surface area contributed by atoms with Gasteiger partial charge in [-0.15, -0.1) is 0 Å². The van der Waals surface area contributed by atoms with Crippen molar-refractivity contribution in [1.82, 2.24) is 0 Å². The molecule has 0 radical (unpaired) electrons. The van der Waals surface area contributed by atoms with Gasteiger partial charge in [0.1, 0.15) is 17.2 Å². The number of esters is 1. The topological polar surface area (TPSA) is 44.8 Å². The third kappa shape index (κ3) is 4.21. The van der Waals surface area contributed by atoms with Gasteiger partial charge in [-0.25, -0.2) is 4.79 Å². The van der Waals surface area contributed by atoms with Gasteiger partial charge in [-0.3, -0.25) is 0 Å². The van der Waals surface area contributed by atoms with Crippen molar-refractivity contribution in [1.29, 1.82) is 0 Å². The summed E-state index contributed by atoms with van der Waals surface area (Å²) in [6.07, 6.45) is 7.66. The second-order valence-electron chi connectivity index (χ2n) is 6.00. The summed E-state index contributed by atoms with van der Waals surface area (Å²) in [5.74, 6) is 1.54. The van der Waals surface area contributed by atoms with Crippen LogP contribution in [0.5, 0.6) is 17.2 Å². The van der Waals surface area contributed by atoms with E-state index < -0.39 is 5.97 Å². The van der Waals surface area contributed by atoms with Crippen molar-refractivity contribution in [2.45, 2.75) is 25.7 Å². The summed E-state index contributed by atoms with van der Waals surface area (Å²) in [6.45, 7) is 0. The van der Waals surface area contributed by atoms with Gasteiger partial charge in [0, 0.05) is 11.6 Å². The van der Waals surface area contributed by atoms with Crippen LogP contribution in [0.25, 0.3) is 6.08 Å². The molecule has 0 fully saturated rings. The maximum Gasteiger partial charge on any atom is 0.336 e. The molecule has 25 heavy (non-hydrogen) atoms. The minimum Gasteiger partial charge on any atom is -0.497 e. The number of aryl methyl sites for hydroxylation is 2. The summed E-state index contributed by atoms with van der Waals surface area (Å²) in [7, 11) is 3.18. The van der Waals surface area contributed by atoms with Crippen molar-refractivity contribution in [3.63, 3.8) is 0 Å². The lowest BCUT2D eigenvalue weighted by molar-refractivity contribution is -0.128. The van der Waals surface area contributed by atoms with Crippen molar-refractivity contribution in [3.8, 4) is 17.2 Å². The summed E-state index contributed by atoms with van der Waals surface area (Å²) in [5.41, 5.74) is 3.40. The Balaban J connectivity index is 1.71. The molecule has 0 amide bonds. The molecule has 0 unspecified atom stereocenters.